The first-order valence-electron chi connectivity index (χ1n) is 6.65. The lowest BCUT2D eigenvalue weighted by Gasteiger charge is -2.34. The van der Waals surface area contributed by atoms with Crippen molar-refractivity contribution in [1.82, 2.24) is 0 Å². The summed E-state index contributed by atoms with van der Waals surface area (Å²) in [5.74, 6) is 1.14. The van der Waals surface area contributed by atoms with E-state index in [2.05, 4.69) is 25.7 Å². The zero-order valence-corrected chi connectivity index (χ0v) is 13.5. The van der Waals surface area contributed by atoms with Crippen molar-refractivity contribution in [3.63, 3.8) is 0 Å². The summed E-state index contributed by atoms with van der Waals surface area (Å²) in [6.45, 7) is 10.5. The Morgan fingerprint density at radius 3 is 2.50 bits per heavy atom. The van der Waals surface area contributed by atoms with E-state index in [9.17, 15) is 4.79 Å². The van der Waals surface area contributed by atoms with Crippen molar-refractivity contribution in [3.8, 4) is 0 Å². The molecule has 1 aliphatic rings. The van der Waals surface area contributed by atoms with Gasteiger partial charge in [0.05, 0.1) is 18.3 Å². The van der Waals surface area contributed by atoms with Crippen LogP contribution in [0.3, 0.4) is 0 Å². The molecule has 0 N–H and O–H groups in total. The molecular weight excluding hydrogens is 244 g/mol. The van der Waals surface area contributed by atoms with Gasteiger partial charge in [0.25, 0.3) is 0 Å². The van der Waals surface area contributed by atoms with Crippen molar-refractivity contribution in [3.05, 3.63) is 11.8 Å². The minimum Gasteiger partial charge on any atom is -0.548 e. The fourth-order valence-electron chi connectivity index (χ4n) is 2.35. The van der Waals surface area contributed by atoms with E-state index in [0.29, 0.717) is 0 Å². The van der Waals surface area contributed by atoms with E-state index >= 15 is 0 Å². The van der Waals surface area contributed by atoms with Gasteiger partial charge >= 0.3 is 5.97 Å². The van der Waals surface area contributed by atoms with Crippen LogP contribution in [0.15, 0.2) is 11.8 Å². The average Bonchev–Trinajstić information content (AvgIpc) is 2.26. The van der Waals surface area contributed by atoms with E-state index < -0.39 is 13.7 Å². The Hall–Kier alpha value is -0.773. The van der Waals surface area contributed by atoms with Gasteiger partial charge in [0.2, 0.25) is 8.32 Å². The molecule has 0 heterocycles. The van der Waals surface area contributed by atoms with Crippen LogP contribution in [-0.2, 0) is 14.0 Å². The SMILES string of the molecule is COC(=O)C(C)(C)C1C=C(O[Si](C)(C)C)CCC1. The lowest BCUT2D eigenvalue weighted by Crippen LogP contribution is -2.35. The lowest BCUT2D eigenvalue weighted by atomic mass is 9.74. The molecular formula is C14H26O3Si. The third-order valence-electron chi connectivity index (χ3n) is 3.40. The molecule has 0 radical (unpaired) electrons. The number of hydrogen-bond acceptors (Lipinski definition) is 3. The summed E-state index contributed by atoms with van der Waals surface area (Å²) in [6, 6.07) is 0. The van der Waals surface area contributed by atoms with Crippen molar-refractivity contribution >= 4 is 14.3 Å². The maximum absolute atomic E-state index is 11.8. The molecule has 0 saturated carbocycles. The van der Waals surface area contributed by atoms with Crippen molar-refractivity contribution < 1.29 is 14.0 Å². The largest absolute Gasteiger partial charge is 0.548 e. The number of hydrogen-bond donors (Lipinski definition) is 0. The number of methoxy groups -OCH3 is 1. The summed E-state index contributed by atoms with van der Waals surface area (Å²) in [5, 5.41) is 0. The molecule has 1 rings (SSSR count). The topological polar surface area (TPSA) is 35.5 Å². The number of carbonyl (C=O) groups excluding carboxylic acids is 1. The number of allylic oxidation sites excluding steroid dienone is 2. The van der Waals surface area contributed by atoms with Gasteiger partial charge in [-0.1, -0.05) is 0 Å². The zero-order chi connectivity index (χ0) is 14.0. The van der Waals surface area contributed by atoms with Gasteiger partial charge in [-0.05, 0) is 58.3 Å². The third-order valence-corrected chi connectivity index (χ3v) is 4.28. The van der Waals surface area contributed by atoms with Gasteiger partial charge < -0.3 is 9.16 Å². The highest BCUT2D eigenvalue weighted by atomic mass is 28.4. The van der Waals surface area contributed by atoms with E-state index in [1.54, 1.807) is 0 Å². The molecule has 0 spiro atoms. The van der Waals surface area contributed by atoms with Crippen molar-refractivity contribution in [1.29, 1.82) is 0 Å². The molecule has 18 heavy (non-hydrogen) atoms. The Balaban J connectivity index is 2.85. The van der Waals surface area contributed by atoms with Gasteiger partial charge in [-0.2, -0.15) is 0 Å². The molecule has 0 bridgehead atoms. The van der Waals surface area contributed by atoms with Crippen LogP contribution in [0, 0.1) is 11.3 Å². The highest BCUT2D eigenvalue weighted by Gasteiger charge is 2.38. The van der Waals surface area contributed by atoms with E-state index in [1.807, 2.05) is 13.8 Å². The maximum atomic E-state index is 11.8. The van der Waals surface area contributed by atoms with E-state index in [0.717, 1.165) is 25.0 Å². The summed E-state index contributed by atoms with van der Waals surface area (Å²) in [5.41, 5.74) is -0.469. The molecule has 1 unspecified atom stereocenters. The Labute approximate surface area is 112 Å². The van der Waals surface area contributed by atoms with Crippen LogP contribution >= 0.6 is 0 Å². The summed E-state index contributed by atoms with van der Waals surface area (Å²) in [4.78, 5) is 11.8. The first-order valence-corrected chi connectivity index (χ1v) is 10.1. The average molecular weight is 270 g/mol. The predicted molar refractivity (Wildman–Crippen MR) is 75.7 cm³/mol. The zero-order valence-electron chi connectivity index (χ0n) is 12.5. The van der Waals surface area contributed by atoms with Crippen molar-refractivity contribution in [2.24, 2.45) is 11.3 Å². The fraction of sp³-hybridized carbons (Fsp3) is 0.786. The molecule has 0 aromatic rings. The highest BCUT2D eigenvalue weighted by Crippen LogP contribution is 2.38. The molecule has 0 aromatic carbocycles. The molecule has 1 atom stereocenters. The maximum Gasteiger partial charge on any atom is 0.311 e. The van der Waals surface area contributed by atoms with Gasteiger partial charge in [-0.15, -0.1) is 0 Å². The van der Waals surface area contributed by atoms with Crippen LogP contribution in [0.25, 0.3) is 0 Å². The van der Waals surface area contributed by atoms with Crippen LogP contribution in [0.1, 0.15) is 33.1 Å². The lowest BCUT2D eigenvalue weighted by molar-refractivity contribution is -0.153. The second kappa shape index (κ2) is 5.47. The number of rotatable bonds is 4. The molecule has 0 amide bonds. The molecule has 0 saturated heterocycles. The Kier molecular flexibility index (Phi) is 4.64. The minimum absolute atomic E-state index is 0.141. The molecule has 0 aromatic heterocycles. The summed E-state index contributed by atoms with van der Waals surface area (Å²) >= 11 is 0. The van der Waals surface area contributed by atoms with E-state index in [4.69, 9.17) is 9.16 Å². The second-order valence-electron chi connectivity index (χ2n) is 6.56. The Morgan fingerprint density at radius 2 is 2.00 bits per heavy atom. The summed E-state index contributed by atoms with van der Waals surface area (Å²) < 4.78 is 11.0. The second-order valence-corrected chi connectivity index (χ2v) is 11.0. The van der Waals surface area contributed by atoms with Gasteiger partial charge in [0, 0.05) is 6.42 Å². The molecule has 3 nitrogen and oxygen atoms in total. The van der Waals surface area contributed by atoms with Crippen LogP contribution in [0.5, 0.6) is 0 Å². The van der Waals surface area contributed by atoms with Gasteiger partial charge in [0.1, 0.15) is 0 Å². The normalized spacial score (nSPS) is 21.2. The number of carbonyl (C=O) groups is 1. The molecule has 4 heteroatoms. The first kappa shape index (κ1) is 15.3. The first-order chi connectivity index (χ1) is 8.16. The van der Waals surface area contributed by atoms with Crippen molar-refractivity contribution in [2.45, 2.75) is 52.8 Å². The molecule has 0 aliphatic heterocycles. The minimum atomic E-state index is -1.55. The summed E-state index contributed by atoms with van der Waals surface area (Å²) in [7, 11) is -0.0988. The molecule has 104 valence electrons. The standard InChI is InChI=1S/C14H26O3Si/c1-14(2,13(15)16-3)11-8-7-9-12(10-11)17-18(4,5)6/h10-11H,7-9H2,1-6H3. The Morgan fingerprint density at radius 1 is 1.39 bits per heavy atom. The van der Waals surface area contributed by atoms with Gasteiger partial charge in [0.15, 0.2) is 0 Å². The smallest absolute Gasteiger partial charge is 0.311 e. The van der Waals surface area contributed by atoms with Gasteiger partial charge in [-0.3, -0.25) is 4.79 Å². The summed E-state index contributed by atoms with van der Waals surface area (Å²) in [6.07, 6.45) is 5.26. The van der Waals surface area contributed by atoms with Crippen LogP contribution in [-0.4, -0.2) is 21.4 Å². The van der Waals surface area contributed by atoms with E-state index in [-0.39, 0.29) is 11.9 Å². The highest BCUT2D eigenvalue weighted by molar-refractivity contribution is 6.70. The molecule has 0 fully saturated rings. The van der Waals surface area contributed by atoms with Gasteiger partial charge in [-0.25, -0.2) is 0 Å². The molecule has 1 aliphatic carbocycles. The van der Waals surface area contributed by atoms with E-state index in [1.165, 1.54) is 7.11 Å². The third kappa shape index (κ3) is 3.87. The van der Waals surface area contributed by atoms with Crippen LogP contribution in [0.4, 0.5) is 0 Å². The Bertz CT molecular complexity index is 339. The van der Waals surface area contributed by atoms with Crippen LogP contribution in [0.2, 0.25) is 19.6 Å². The quantitative estimate of drug-likeness (QED) is 0.577. The van der Waals surface area contributed by atoms with Crippen molar-refractivity contribution in [2.75, 3.05) is 7.11 Å². The fourth-order valence-corrected chi connectivity index (χ4v) is 3.31. The monoisotopic (exact) mass is 270 g/mol. The van der Waals surface area contributed by atoms with Crippen LogP contribution < -0.4 is 0 Å². The predicted octanol–water partition coefficient (Wildman–Crippen LogP) is 3.72. The number of esters is 1. The number of ether oxygens (including phenoxy) is 1.